The molecule has 1 unspecified atom stereocenters. The molecule has 1 N–H and O–H groups in total. The molecule has 1 aromatic carbocycles. The van der Waals surface area contributed by atoms with Gasteiger partial charge in [-0.05, 0) is 48.4 Å². The summed E-state index contributed by atoms with van der Waals surface area (Å²) < 4.78 is 0. The van der Waals surface area contributed by atoms with E-state index < -0.39 is 0 Å². The van der Waals surface area contributed by atoms with Crippen molar-refractivity contribution in [1.82, 2.24) is 10.2 Å². The third kappa shape index (κ3) is 3.62. The third-order valence-electron chi connectivity index (χ3n) is 4.40. The van der Waals surface area contributed by atoms with Crippen molar-refractivity contribution in [1.29, 1.82) is 0 Å². The van der Waals surface area contributed by atoms with E-state index in [1.54, 1.807) is 0 Å². The van der Waals surface area contributed by atoms with Crippen LogP contribution >= 0.6 is 0 Å². The number of benzene rings is 1. The van der Waals surface area contributed by atoms with Gasteiger partial charge in [0.25, 0.3) is 0 Å². The zero-order valence-corrected chi connectivity index (χ0v) is 14.0. The molecule has 0 aromatic heterocycles. The first kappa shape index (κ1) is 15.5. The van der Waals surface area contributed by atoms with E-state index in [-0.39, 0.29) is 5.41 Å². The predicted molar refractivity (Wildman–Crippen MR) is 87.4 cm³/mol. The second kappa shape index (κ2) is 5.87. The van der Waals surface area contributed by atoms with Gasteiger partial charge in [-0.1, -0.05) is 32.9 Å². The summed E-state index contributed by atoms with van der Waals surface area (Å²) in [6.45, 7) is 18.2. The number of aryl methyl sites for hydroxylation is 2. The molecule has 1 saturated heterocycles. The van der Waals surface area contributed by atoms with E-state index >= 15 is 0 Å². The number of rotatable bonds is 2. The van der Waals surface area contributed by atoms with Gasteiger partial charge in [0.2, 0.25) is 0 Å². The van der Waals surface area contributed by atoms with Gasteiger partial charge in [-0.3, -0.25) is 4.90 Å². The van der Waals surface area contributed by atoms with Crippen molar-refractivity contribution >= 4 is 0 Å². The van der Waals surface area contributed by atoms with E-state index in [2.05, 4.69) is 63.9 Å². The standard InChI is InChI=1S/C18H30N2/c1-13-9-16(18(4,5)6)10-14(2)17(13)12-20-8-7-19-15(3)11-20/h9-10,15,19H,7-8,11-12H2,1-6H3. The molecule has 0 spiro atoms. The molecule has 2 nitrogen and oxygen atoms in total. The number of hydrogen-bond acceptors (Lipinski definition) is 2. The Bertz CT molecular complexity index is 448. The molecule has 1 fully saturated rings. The van der Waals surface area contributed by atoms with Crippen molar-refractivity contribution in [2.45, 2.75) is 59.5 Å². The highest BCUT2D eigenvalue weighted by atomic mass is 15.2. The molecule has 0 aliphatic carbocycles. The molecule has 2 rings (SSSR count). The molecular formula is C18H30N2. The Morgan fingerprint density at radius 2 is 1.80 bits per heavy atom. The lowest BCUT2D eigenvalue weighted by Gasteiger charge is -2.33. The molecule has 0 saturated carbocycles. The van der Waals surface area contributed by atoms with Crippen molar-refractivity contribution in [3.63, 3.8) is 0 Å². The molecule has 112 valence electrons. The topological polar surface area (TPSA) is 15.3 Å². The van der Waals surface area contributed by atoms with Crippen LogP contribution in [-0.4, -0.2) is 30.6 Å². The van der Waals surface area contributed by atoms with Crippen molar-refractivity contribution < 1.29 is 0 Å². The fraction of sp³-hybridized carbons (Fsp3) is 0.667. The molecule has 0 amide bonds. The number of nitrogens with zero attached hydrogens (tertiary/aromatic N) is 1. The van der Waals surface area contributed by atoms with Gasteiger partial charge in [0, 0.05) is 32.2 Å². The minimum absolute atomic E-state index is 0.234. The van der Waals surface area contributed by atoms with Gasteiger partial charge < -0.3 is 5.32 Å². The largest absolute Gasteiger partial charge is 0.312 e. The maximum Gasteiger partial charge on any atom is 0.0240 e. The third-order valence-corrected chi connectivity index (χ3v) is 4.40. The Hall–Kier alpha value is -0.860. The van der Waals surface area contributed by atoms with Crippen LogP contribution in [0.4, 0.5) is 0 Å². The summed E-state index contributed by atoms with van der Waals surface area (Å²) in [5.74, 6) is 0. The number of hydrogen-bond donors (Lipinski definition) is 1. The van der Waals surface area contributed by atoms with Crippen LogP contribution in [0.15, 0.2) is 12.1 Å². The lowest BCUT2D eigenvalue weighted by Crippen LogP contribution is -2.48. The van der Waals surface area contributed by atoms with Crippen LogP contribution in [0.2, 0.25) is 0 Å². The van der Waals surface area contributed by atoms with Gasteiger partial charge in [0.05, 0.1) is 0 Å². The van der Waals surface area contributed by atoms with E-state index in [4.69, 9.17) is 0 Å². The predicted octanol–water partition coefficient (Wildman–Crippen LogP) is 3.39. The summed E-state index contributed by atoms with van der Waals surface area (Å²) in [5, 5.41) is 3.51. The number of nitrogens with one attached hydrogen (secondary N) is 1. The second-order valence-corrected chi connectivity index (χ2v) is 7.43. The van der Waals surface area contributed by atoms with Gasteiger partial charge in [0.15, 0.2) is 0 Å². The SMILES string of the molecule is Cc1cc(C(C)(C)C)cc(C)c1CN1CCNC(C)C1. The van der Waals surface area contributed by atoms with Crippen LogP contribution in [0.25, 0.3) is 0 Å². The summed E-state index contributed by atoms with van der Waals surface area (Å²) in [6.07, 6.45) is 0. The molecule has 20 heavy (non-hydrogen) atoms. The van der Waals surface area contributed by atoms with Crippen LogP contribution in [0.3, 0.4) is 0 Å². The molecule has 1 aliphatic rings. The highest BCUT2D eigenvalue weighted by Gasteiger charge is 2.19. The zero-order chi connectivity index (χ0) is 14.9. The first-order chi connectivity index (χ1) is 9.27. The summed E-state index contributed by atoms with van der Waals surface area (Å²) in [4.78, 5) is 2.58. The van der Waals surface area contributed by atoms with E-state index in [0.29, 0.717) is 6.04 Å². The Morgan fingerprint density at radius 1 is 1.20 bits per heavy atom. The van der Waals surface area contributed by atoms with E-state index in [1.165, 1.54) is 22.3 Å². The lowest BCUT2D eigenvalue weighted by molar-refractivity contribution is 0.199. The lowest BCUT2D eigenvalue weighted by atomic mass is 9.83. The zero-order valence-electron chi connectivity index (χ0n) is 14.0. The Kier molecular flexibility index (Phi) is 4.55. The highest BCUT2D eigenvalue weighted by molar-refractivity contribution is 5.40. The molecule has 1 aliphatic heterocycles. The Labute approximate surface area is 124 Å². The molecule has 0 bridgehead atoms. The van der Waals surface area contributed by atoms with Crippen LogP contribution < -0.4 is 5.32 Å². The minimum atomic E-state index is 0.234. The molecule has 1 heterocycles. The van der Waals surface area contributed by atoms with Crippen molar-refractivity contribution in [3.05, 3.63) is 34.4 Å². The van der Waals surface area contributed by atoms with Gasteiger partial charge in [-0.25, -0.2) is 0 Å². The van der Waals surface area contributed by atoms with Crippen LogP contribution in [0.1, 0.15) is 49.9 Å². The van der Waals surface area contributed by atoms with Crippen LogP contribution in [0.5, 0.6) is 0 Å². The quantitative estimate of drug-likeness (QED) is 0.889. The van der Waals surface area contributed by atoms with Gasteiger partial charge in [-0.15, -0.1) is 0 Å². The molecule has 1 atom stereocenters. The van der Waals surface area contributed by atoms with Gasteiger partial charge in [0.1, 0.15) is 0 Å². The second-order valence-electron chi connectivity index (χ2n) is 7.43. The van der Waals surface area contributed by atoms with E-state index in [1.807, 2.05) is 0 Å². The van der Waals surface area contributed by atoms with Crippen molar-refractivity contribution in [2.24, 2.45) is 0 Å². The first-order valence-electron chi connectivity index (χ1n) is 7.83. The normalized spacial score (nSPS) is 21.2. The average Bonchev–Trinajstić information content (AvgIpc) is 2.32. The number of piperazine rings is 1. The molecule has 2 heteroatoms. The van der Waals surface area contributed by atoms with Crippen LogP contribution in [0, 0.1) is 13.8 Å². The van der Waals surface area contributed by atoms with Crippen molar-refractivity contribution in [2.75, 3.05) is 19.6 Å². The molecule has 0 radical (unpaired) electrons. The van der Waals surface area contributed by atoms with Gasteiger partial charge in [-0.2, -0.15) is 0 Å². The molecular weight excluding hydrogens is 244 g/mol. The smallest absolute Gasteiger partial charge is 0.0240 e. The fourth-order valence-corrected chi connectivity index (χ4v) is 3.06. The van der Waals surface area contributed by atoms with Gasteiger partial charge >= 0.3 is 0 Å². The van der Waals surface area contributed by atoms with E-state index in [0.717, 1.165) is 26.2 Å². The monoisotopic (exact) mass is 274 g/mol. The summed E-state index contributed by atoms with van der Waals surface area (Å²) in [5.41, 5.74) is 6.09. The summed E-state index contributed by atoms with van der Waals surface area (Å²) in [6, 6.07) is 5.38. The maximum atomic E-state index is 3.51. The maximum absolute atomic E-state index is 3.51. The first-order valence-corrected chi connectivity index (χ1v) is 7.83. The summed E-state index contributed by atoms with van der Waals surface area (Å²) in [7, 11) is 0. The average molecular weight is 274 g/mol. The highest BCUT2D eigenvalue weighted by Crippen LogP contribution is 2.27. The molecule has 1 aromatic rings. The minimum Gasteiger partial charge on any atom is -0.312 e. The van der Waals surface area contributed by atoms with E-state index in [9.17, 15) is 0 Å². The Balaban J connectivity index is 2.20. The summed E-state index contributed by atoms with van der Waals surface area (Å²) >= 11 is 0. The van der Waals surface area contributed by atoms with Crippen LogP contribution in [-0.2, 0) is 12.0 Å². The Morgan fingerprint density at radius 3 is 2.30 bits per heavy atom. The fourth-order valence-electron chi connectivity index (χ4n) is 3.06. The van der Waals surface area contributed by atoms with Crippen molar-refractivity contribution in [3.8, 4) is 0 Å².